The molecule has 1 saturated heterocycles. The van der Waals surface area contributed by atoms with Crippen LogP contribution >= 0.6 is 23.2 Å². The maximum absolute atomic E-state index is 5.67. The summed E-state index contributed by atoms with van der Waals surface area (Å²) in [4.78, 5) is 0. The monoisotopic (exact) mass is 139 g/mol. The maximum Gasteiger partial charge on any atom is 0.0636 e. The van der Waals surface area contributed by atoms with Crippen molar-refractivity contribution in [2.75, 3.05) is 13.1 Å². The van der Waals surface area contributed by atoms with Gasteiger partial charge < -0.3 is 5.32 Å². The van der Waals surface area contributed by atoms with Gasteiger partial charge in [-0.25, -0.2) is 0 Å². The molecule has 0 aromatic rings. The summed E-state index contributed by atoms with van der Waals surface area (Å²) < 4.78 is 0. The SMILES string of the molecule is ClC1CNCC1Cl. The van der Waals surface area contributed by atoms with Crippen LogP contribution in [0.3, 0.4) is 0 Å². The molecule has 1 fully saturated rings. The minimum Gasteiger partial charge on any atom is -0.314 e. The van der Waals surface area contributed by atoms with Crippen LogP contribution in [0.5, 0.6) is 0 Å². The molecule has 0 spiro atoms. The van der Waals surface area contributed by atoms with E-state index in [2.05, 4.69) is 5.32 Å². The van der Waals surface area contributed by atoms with Crippen molar-refractivity contribution >= 4 is 23.2 Å². The first-order valence-electron chi connectivity index (χ1n) is 2.29. The standard InChI is InChI=1S/C4H7Cl2N/c5-3-1-7-2-4(3)6/h3-4,7H,1-2H2. The van der Waals surface area contributed by atoms with E-state index in [1.165, 1.54) is 0 Å². The lowest BCUT2D eigenvalue weighted by atomic mass is 10.4. The zero-order valence-electron chi connectivity index (χ0n) is 3.82. The molecule has 0 amide bonds. The molecule has 0 aliphatic carbocycles. The molecule has 0 aromatic carbocycles. The van der Waals surface area contributed by atoms with Crippen molar-refractivity contribution in [2.24, 2.45) is 0 Å². The van der Waals surface area contributed by atoms with Crippen LogP contribution in [0.4, 0.5) is 0 Å². The van der Waals surface area contributed by atoms with Gasteiger partial charge >= 0.3 is 0 Å². The molecule has 1 aliphatic rings. The topological polar surface area (TPSA) is 12.0 Å². The van der Waals surface area contributed by atoms with Crippen molar-refractivity contribution in [1.82, 2.24) is 5.32 Å². The molecule has 7 heavy (non-hydrogen) atoms. The summed E-state index contributed by atoms with van der Waals surface area (Å²) in [6.07, 6.45) is 0. The van der Waals surface area contributed by atoms with Crippen LogP contribution in [-0.4, -0.2) is 23.8 Å². The van der Waals surface area contributed by atoms with Gasteiger partial charge in [-0.05, 0) is 0 Å². The van der Waals surface area contributed by atoms with Crippen molar-refractivity contribution in [3.63, 3.8) is 0 Å². The van der Waals surface area contributed by atoms with E-state index in [0.29, 0.717) is 0 Å². The first-order valence-corrected chi connectivity index (χ1v) is 3.17. The van der Waals surface area contributed by atoms with Crippen LogP contribution in [-0.2, 0) is 0 Å². The Balaban J connectivity index is 2.33. The van der Waals surface area contributed by atoms with E-state index in [1.807, 2.05) is 0 Å². The van der Waals surface area contributed by atoms with Gasteiger partial charge in [-0.3, -0.25) is 0 Å². The van der Waals surface area contributed by atoms with E-state index in [-0.39, 0.29) is 10.8 Å². The first kappa shape index (κ1) is 5.67. The number of hydrogen-bond donors (Lipinski definition) is 1. The second-order valence-corrected chi connectivity index (χ2v) is 2.81. The molecule has 2 unspecified atom stereocenters. The summed E-state index contributed by atoms with van der Waals surface area (Å²) in [5.41, 5.74) is 0. The largest absolute Gasteiger partial charge is 0.314 e. The second kappa shape index (κ2) is 2.21. The van der Waals surface area contributed by atoms with E-state index in [4.69, 9.17) is 23.2 Å². The summed E-state index contributed by atoms with van der Waals surface area (Å²) in [5, 5.41) is 3.34. The van der Waals surface area contributed by atoms with Crippen molar-refractivity contribution in [2.45, 2.75) is 10.8 Å². The van der Waals surface area contributed by atoms with Gasteiger partial charge in [0.25, 0.3) is 0 Å². The van der Waals surface area contributed by atoms with Gasteiger partial charge in [0.1, 0.15) is 0 Å². The molecule has 0 aromatic heterocycles. The molecule has 1 N–H and O–H groups in total. The minimum absolute atomic E-state index is 0.140. The van der Waals surface area contributed by atoms with Crippen LogP contribution in [0.25, 0.3) is 0 Å². The first-order chi connectivity index (χ1) is 3.30. The molecule has 0 bridgehead atoms. The quantitative estimate of drug-likeness (QED) is 0.491. The highest BCUT2D eigenvalue weighted by atomic mass is 35.5. The molecular weight excluding hydrogens is 133 g/mol. The van der Waals surface area contributed by atoms with E-state index in [1.54, 1.807) is 0 Å². The highest BCUT2D eigenvalue weighted by Crippen LogP contribution is 2.12. The molecule has 0 radical (unpaired) electrons. The Labute approximate surface area is 53.0 Å². The lowest BCUT2D eigenvalue weighted by Crippen LogP contribution is -2.09. The fourth-order valence-electron chi connectivity index (χ4n) is 0.615. The molecule has 1 rings (SSSR count). The lowest BCUT2D eigenvalue weighted by Gasteiger charge is -1.98. The average Bonchev–Trinajstić information content (AvgIpc) is 1.91. The van der Waals surface area contributed by atoms with Crippen LogP contribution < -0.4 is 5.32 Å². The predicted molar refractivity (Wildman–Crippen MR) is 32.2 cm³/mol. The summed E-state index contributed by atoms with van der Waals surface area (Å²) >= 11 is 11.3. The smallest absolute Gasteiger partial charge is 0.0636 e. The molecule has 0 saturated carbocycles. The minimum atomic E-state index is 0.140. The number of alkyl halides is 2. The van der Waals surface area contributed by atoms with Gasteiger partial charge in [0, 0.05) is 13.1 Å². The Morgan fingerprint density at radius 3 is 1.71 bits per heavy atom. The fourth-order valence-corrected chi connectivity index (χ4v) is 1.01. The zero-order valence-corrected chi connectivity index (χ0v) is 5.34. The van der Waals surface area contributed by atoms with Crippen LogP contribution in [0.2, 0.25) is 0 Å². The van der Waals surface area contributed by atoms with Gasteiger partial charge in [-0.15, -0.1) is 23.2 Å². The molecule has 3 heteroatoms. The van der Waals surface area contributed by atoms with Crippen LogP contribution in [0, 0.1) is 0 Å². The maximum atomic E-state index is 5.67. The molecule has 1 nitrogen and oxygen atoms in total. The molecular formula is C4H7Cl2N. The van der Waals surface area contributed by atoms with E-state index in [0.717, 1.165) is 13.1 Å². The van der Waals surface area contributed by atoms with Gasteiger partial charge in [-0.2, -0.15) is 0 Å². The van der Waals surface area contributed by atoms with Crippen molar-refractivity contribution in [3.05, 3.63) is 0 Å². The third-order valence-electron chi connectivity index (χ3n) is 1.07. The molecule has 2 atom stereocenters. The Bertz CT molecular complexity index is 58.7. The molecule has 42 valence electrons. The van der Waals surface area contributed by atoms with Gasteiger partial charge in [0.15, 0.2) is 0 Å². The third-order valence-corrected chi connectivity index (χ3v) is 2.12. The Morgan fingerprint density at radius 2 is 1.57 bits per heavy atom. The summed E-state index contributed by atoms with van der Waals surface area (Å²) in [5.74, 6) is 0. The Morgan fingerprint density at radius 1 is 1.14 bits per heavy atom. The normalized spacial score (nSPS) is 42.0. The van der Waals surface area contributed by atoms with Gasteiger partial charge in [0.05, 0.1) is 10.8 Å². The molecule has 1 aliphatic heterocycles. The highest BCUT2D eigenvalue weighted by molar-refractivity contribution is 6.30. The van der Waals surface area contributed by atoms with Crippen LogP contribution in [0.15, 0.2) is 0 Å². The van der Waals surface area contributed by atoms with E-state index in [9.17, 15) is 0 Å². The van der Waals surface area contributed by atoms with Gasteiger partial charge in [-0.1, -0.05) is 0 Å². The second-order valence-electron chi connectivity index (χ2n) is 1.69. The van der Waals surface area contributed by atoms with Crippen molar-refractivity contribution in [3.8, 4) is 0 Å². The van der Waals surface area contributed by atoms with Gasteiger partial charge in [0.2, 0.25) is 0 Å². The average molecular weight is 140 g/mol. The lowest BCUT2D eigenvalue weighted by molar-refractivity contribution is 0.859. The van der Waals surface area contributed by atoms with Crippen molar-refractivity contribution in [1.29, 1.82) is 0 Å². The van der Waals surface area contributed by atoms with Crippen molar-refractivity contribution < 1.29 is 0 Å². The van der Waals surface area contributed by atoms with Crippen LogP contribution in [0.1, 0.15) is 0 Å². The molecule has 1 heterocycles. The number of rotatable bonds is 0. The fraction of sp³-hybridized carbons (Fsp3) is 1.00. The summed E-state index contributed by atoms with van der Waals surface area (Å²) in [7, 11) is 0. The highest BCUT2D eigenvalue weighted by Gasteiger charge is 2.21. The zero-order chi connectivity index (χ0) is 5.28. The number of hydrogen-bond acceptors (Lipinski definition) is 1. The number of halogens is 2. The number of nitrogens with one attached hydrogen (secondary N) is 1. The third kappa shape index (κ3) is 1.21. The van der Waals surface area contributed by atoms with E-state index >= 15 is 0 Å². The van der Waals surface area contributed by atoms with E-state index < -0.39 is 0 Å². The predicted octanol–water partition coefficient (Wildman–Crippen LogP) is 0.804. The summed E-state index contributed by atoms with van der Waals surface area (Å²) in [6.45, 7) is 1.71. The summed E-state index contributed by atoms with van der Waals surface area (Å²) in [6, 6.07) is 0. The Hall–Kier alpha value is 0.540. The Kier molecular flexibility index (Phi) is 1.79.